The van der Waals surface area contributed by atoms with Crippen LogP contribution < -0.4 is 0 Å². The van der Waals surface area contributed by atoms with Gasteiger partial charge in [-0.1, -0.05) is 12.5 Å². The summed E-state index contributed by atoms with van der Waals surface area (Å²) in [6.45, 7) is 6.06. The van der Waals surface area contributed by atoms with Crippen LogP contribution in [0.15, 0.2) is 11.1 Å². The van der Waals surface area contributed by atoms with Crippen molar-refractivity contribution in [3.8, 4) is 0 Å². The van der Waals surface area contributed by atoms with Gasteiger partial charge in [0.15, 0.2) is 0 Å². The van der Waals surface area contributed by atoms with E-state index in [-0.39, 0.29) is 6.61 Å². The molecule has 0 amide bonds. The Morgan fingerprint density at radius 1 is 1.25 bits per heavy atom. The molecule has 0 heterocycles. The van der Waals surface area contributed by atoms with Gasteiger partial charge < -0.3 is 0 Å². The molecule has 0 spiro atoms. The van der Waals surface area contributed by atoms with E-state index in [0.717, 1.165) is 18.2 Å². The van der Waals surface area contributed by atoms with Crippen molar-refractivity contribution in [2.45, 2.75) is 27.2 Å². The summed E-state index contributed by atoms with van der Waals surface area (Å²) >= 11 is 0. The standard InChI is InChI=1S/C8H16O3S/c1-5-7(2)8(3)6-11-12(4,9)10/h5-6H2,1-4H3/b8-7-. The van der Waals surface area contributed by atoms with Crippen LogP contribution in [0.4, 0.5) is 0 Å². The quantitative estimate of drug-likeness (QED) is 0.503. The van der Waals surface area contributed by atoms with Crippen molar-refractivity contribution in [3.63, 3.8) is 0 Å². The summed E-state index contributed by atoms with van der Waals surface area (Å²) in [6, 6.07) is 0. The molecule has 0 atom stereocenters. The molecule has 0 unspecified atom stereocenters. The molecule has 0 aromatic rings. The zero-order valence-electron chi connectivity index (χ0n) is 8.05. The van der Waals surface area contributed by atoms with Crippen molar-refractivity contribution >= 4 is 10.1 Å². The van der Waals surface area contributed by atoms with Crippen LogP contribution in [0.25, 0.3) is 0 Å². The molecular formula is C8H16O3S. The first-order chi connectivity index (χ1) is 5.37. The Labute approximate surface area is 74.6 Å². The summed E-state index contributed by atoms with van der Waals surface area (Å²) in [4.78, 5) is 0. The van der Waals surface area contributed by atoms with Crippen molar-refractivity contribution in [2.75, 3.05) is 12.9 Å². The zero-order chi connectivity index (χ0) is 9.78. The lowest BCUT2D eigenvalue weighted by molar-refractivity contribution is 0.351. The first kappa shape index (κ1) is 11.6. The van der Waals surface area contributed by atoms with Gasteiger partial charge in [-0.15, -0.1) is 0 Å². The molecule has 3 nitrogen and oxygen atoms in total. The average Bonchev–Trinajstić information content (AvgIpc) is 1.97. The molecule has 0 bridgehead atoms. The van der Waals surface area contributed by atoms with Crippen LogP contribution in [0, 0.1) is 0 Å². The molecule has 72 valence electrons. The van der Waals surface area contributed by atoms with Crippen LogP contribution >= 0.6 is 0 Å². The van der Waals surface area contributed by atoms with Gasteiger partial charge in [0.25, 0.3) is 10.1 Å². The first-order valence-corrected chi connectivity index (χ1v) is 5.68. The molecule has 12 heavy (non-hydrogen) atoms. The van der Waals surface area contributed by atoms with E-state index in [4.69, 9.17) is 0 Å². The fraction of sp³-hybridized carbons (Fsp3) is 0.750. The molecular weight excluding hydrogens is 176 g/mol. The Hall–Kier alpha value is -0.350. The van der Waals surface area contributed by atoms with E-state index in [9.17, 15) is 8.42 Å². The van der Waals surface area contributed by atoms with E-state index in [1.807, 2.05) is 20.8 Å². The van der Waals surface area contributed by atoms with Crippen LogP contribution in [-0.2, 0) is 14.3 Å². The molecule has 0 aliphatic rings. The van der Waals surface area contributed by atoms with E-state index in [2.05, 4.69) is 4.18 Å². The predicted molar refractivity (Wildman–Crippen MR) is 49.5 cm³/mol. The molecule has 0 aromatic carbocycles. The van der Waals surface area contributed by atoms with E-state index in [1.165, 1.54) is 5.57 Å². The number of rotatable bonds is 4. The lowest BCUT2D eigenvalue weighted by Gasteiger charge is -2.04. The molecule has 0 saturated carbocycles. The normalized spacial score (nSPS) is 14.3. The van der Waals surface area contributed by atoms with Crippen LogP contribution in [0.3, 0.4) is 0 Å². The molecule has 0 rings (SSSR count). The summed E-state index contributed by atoms with van der Waals surface area (Å²) in [6.07, 6.45) is 1.99. The Morgan fingerprint density at radius 3 is 2.08 bits per heavy atom. The number of hydrogen-bond acceptors (Lipinski definition) is 3. The van der Waals surface area contributed by atoms with E-state index >= 15 is 0 Å². The summed E-state index contributed by atoms with van der Waals surface area (Å²) in [5.74, 6) is 0. The third kappa shape index (κ3) is 5.32. The molecule has 0 saturated heterocycles. The molecule has 0 fully saturated rings. The Morgan fingerprint density at radius 2 is 1.75 bits per heavy atom. The second-order valence-electron chi connectivity index (χ2n) is 2.88. The smallest absolute Gasteiger partial charge is 0.264 e. The lowest BCUT2D eigenvalue weighted by atomic mass is 10.1. The number of allylic oxidation sites excluding steroid dienone is 1. The van der Waals surface area contributed by atoms with Gasteiger partial charge in [0.1, 0.15) is 0 Å². The van der Waals surface area contributed by atoms with Gasteiger partial charge in [0, 0.05) is 0 Å². The maximum absolute atomic E-state index is 10.6. The van der Waals surface area contributed by atoms with Gasteiger partial charge in [0.05, 0.1) is 12.9 Å². The van der Waals surface area contributed by atoms with Crippen LogP contribution in [0.2, 0.25) is 0 Å². The van der Waals surface area contributed by atoms with Crippen molar-refractivity contribution < 1.29 is 12.6 Å². The summed E-state index contributed by atoms with van der Waals surface area (Å²) in [5, 5.41) is 0. The topological polar surface area (TPSA) is 43.4 Å². The lowest BCUT2D eigenvalue weighted by Crippen LogP contribution is -2.05. The highest BCUT2D eigenvalue weighted by Crippen LogP contribution is 2.07. The first-order valence-electron chi connectivity index (χ1n) is 3.86. The largest absolute Gasteiger partial charge is 0.266 e. The average molecular weight is 192 g/mol. The SMILES string of the molecule is CC/C(C)=C(/C)COS(C)(=O)=O. The Bertz CT molecular complexity index is 262. The minimum Gasteiger partial charge on any atom is -0.266 e. The zero-order valence-corrected chi connectivity index (χ0v) is 8.86. The highest BCUT2D eigenvalue weighted by Gasteiger charge is 2.02. The van der Waals surface area contributed by atoms with Gasteiger partial charge in [-0.05, 0) is 25.8 Å². The van der Waals surface area contributed by atoms with Gasteiger partial charge in [0.2, 0.25) is 0 Å². The maximum Gasteiger partial charge on any atom is 0.264 e. The fourth-order valence-corrected chi connectivity index (χ4v) is 1.01. The van der Waals surface area contributed by atoms with Crippen molar-refractivity contribution in [1.29, 1.82) is 0 Å². The predicted octanol–water partition coefficient (Wildman–Crippen LogP) is 1.71. The molecule has 0 N–H and O–H groups in total. The van der Waals surface area contributed by atoms with Crippen LogP contribution in [-0.4, -0.2) is 21.3 Å². The maximum atomic E-state index is 10.6. The van der Waals surface area contributed by atoms with Gasteiger partial charge >= 0.3 is 0 Å². The second-order valence-corrected chi connectivity index (χ2v) is 4.52. The van der Waals surface area contributed by atoms with Crippen molar-refractivity contribution in [3.05, 3.63) is 11.1 Å². The Balaban J connectivity index is 4.13. The van der Waals surface area contributed by atoms with Crippen molar-refractivity contribution in [2.24, 2.45) is 0 Å². The molecule has 0 aromatic heterocycles. The molecule has 4 heteroatoms. The van der Waals surface area contributed by atoms with Crippen molar-refractivity contribution in [1.82, 2.24) is 0 Å². The highest BCUT2D eigenvalue weighted by atomic mass is 32.2. The fourth-order valence-electron chi connectivity index (χ4n) is 0.620. The van der Waals surface area contributed by atoms with E-state index in [1.54, 1.807) is 0 Å². The summed E-state index contributed by atoms with van der Waals surface area (Å²) in [7, 11) is -3.30. The van der Waals surface area contributed by atoms with Gasteiger partial charge in [-0.3, -0.25) is 4.18 Å². The van der Waals surface area contributed by atoms with Crippen LogP contribution in [0.5, 0.6) is 0 Å². The highest BCUT2D eigenvalue weighted by molar-refractivity contribution is 7.85. The van der Waals surface area contributed by atoms with E-state index < -0.39 is 10.1 Å². The molecule has 0 radical (unpaired) electrons. The third-order valence-corrected chi connectivity index (χ3v) is 2.29. The van der Waals surface area contributed by atoms with Gasteiger partial charge in [-0.2, -0.15) is 8.42 Å². The molecule has 0 aliphatic carbocycles. The van der Waals surface area contributed by atoms with Gasteiger partial charge in [-0.25, -0.2) is 0 Å². The second kappa shape index (κ2) is 4.62. The minimum absolute atomic E-state index is 0.179. The summed E-state index contributed by atoms with van der Waals surface area (Å²) < 4.78 is 25.8. The molecule has 0 aliphatic heterocycles. The van der Waals surface area contributed by atoms with Crippen LogP contribution in [0.1, 0.15) is 27.2 Å². The minimum atomic E-state index is -3.30. The number of hydrogen-bond donors (Lipinski definition) is 0. The Kier molecular flexibility index (Phi) is 4.49. The summed E-state index contributed by atoms with van der Waals surface area (Å²) in [5.41, 5.74) is 2.17. The van der Waals surface area contributed by atoms with E-state index in [0.29, 0.717) is 0 Å². The monoisotopic (exact) mass is 192 g/mol. The third-order valence-electron chi connectivity index (χ3n) is 1.75.